The molecular formula is C29H28Cl4N6O4P6. The number of hydrogen-bond donors (Lipinski definition) is 0. The lowest BCUT2D eigenvalue weighted by Gasteiger charge is -2.43. The lowest BCUT2D eigenvalue weighted by Crippen LogP contribution is -2.43. The number of nitrogens with zero attached hydrogens (tertiary/aromatic N) is 6. The Morgan fingerprint density at radius 1 is 0.408 bits per heavy atom. The van der Waals surface area contributed by atoms with Gasteiger partial charge in [0.1, 0.15) is 14.4 Å². The Morgan fingerprint density at radius 2 is 0.776 bits per heavy atom. The van der Waals surface area contributed by atoms with Gasteiger partial charge in [-0.3, -0.25) is 0 Å². The zero-order valence-electron chi connectivity index (χ0n) is 25.4. The summed E-state index contributed by atoms with van der Waals surface area (Å²) in [6.07, 6.45) is 0. The Hall–Kier alpha value is -0.740. The first-order chi connectivity index (χ1) is 23.5. The fourth-order valence-electron chi connectivity index (χ4n) is 5.65. The summed E-state index contributed by atoms with van der Waals surface area (Å²) in [5.41, 5.74) is -0.843. The van der Waals surface area contributed by atoms with Gasteiger partial charge in [0.15, 0.2) is 0 Å². The molecule has 4 aromatic carbocycles. The lowest BCUT2D eigenvalue weighted by atomic mass is 9.93. The first-order valence-corrected chi connectivity index (χ1v) is 28.4. The Kier molecular flexibility index (Phi) is 9.57. The summed E-state index contributed by atoms with van der Waals surface area (Å²) in [6.45, 7) is -6.44. The molecule has 0 amide bonds. The van der Waals surface area contributed by atoms with Gasteiger partial charge < -0.3 is 18.1 Å². The van der Waals surface area contributed by atoms with E-state index in [-0.39, 0.29) is 26.4 Å². The molecule has 2 unspecified atom stereocenters. The van der Waals surface area contributed by atoms with Gasteiger partial charge in [-0.2, -0.15) is 22.6 Å². The second-order valence-corrected chi connectivity index (χ2v) is 31.1. The highest BCUT2D eigenvalue weighted by Crippen LogP contribution is 2.85. The summed E-state index contributed by atoms with van der Waals surface area (Å²) in [5.74, 6) is -3.29. The van der Waals surface area contributed by atoms with E-state index in [0.29, 0.717) is 0 Å². The molecule has 256 valence electrons. The summed E-state index contributed by atoms with van der Waals surface area (Å²) in [6, 6.07) is 39.1. The third kappa shape index (κ3) is 6.81. The molecule has 20 heteroatoms. The molecule has 0 radical (unpaired) electrons. The number of hydrogen-bond acceptors (Lipinski definition) is 10. The van der Waals surface area contributed by atoms with E-state index in [0.717, 1.165) is 21.2 Å². The molecule has 1 fully saturated rings. The van der Waals surface area contributed by atoms with Crippen LogP contribution in [0.15, 0.2) is 148 Å². The van der Waals surface area contributed by atoms with E-state index in [1.807, 2.05) is 121 Å². The third-order valence-electron chi connectivity index (χ3n) is 8.01. The second-order valence-electron chi connectivity index (χ2n) is 11.6. The Balaban J connectivity index is 1.17. The molecule has 49 heavy (non-hydrogen) atoms. The fraction of sp³-hybridized carbons (Fsp3) is 0.172. The molecule has 4 aliphatic rings. The first-order valence-electron chi connectivity index (χ1n) is 14.9. The molecule has 0 N–H and O–H groups in total. The van der Waals surface area contributed by atoms with Gasteiger partial charge >= 0.3 is 7.66 Å². The highest BCUT2D eigenvalue weighted by Gasteiger charge is 2.50. The molecule has 2 spiro atoms. The summed E-state index contributed by atoms with van der Waals surface area (Å²) in [4.78, 5) is 0. The number of fused-ring (bicyclic) bond motifs is 1. The summed E-state index contributed by atoms with van der Waals surface area (Å²) in [7, 11) is -9.18. The van der Waals surface area contributed by atoms with Crippen LogP contribution in [0.25, 0.3) is 0 Å². The van der Waals surface area contributed by atoms with Crippen LogP contribution in [0.2, 0.25) is 0 Å². The molecule has 0 aliphatic carbocycles. The summed E-state index contributed by atoms with van der Waals surface area (Å²) < 4.78 is 56.1. The van der Waals surface area contributed by atoms with Crippen molar-refractivity contribution in [3.05, 3.63) is 121 Å². The predicted octanol–water partition coefficient (Wildman–Crippen LogP) is 12.4. The number of rotatable bonds is 4. The van der Waals surface area contributed by atoms with Gasteiger partial charge in [-0.15, -0.1) is 0 Å². The highest BCUT2D eigenvalue weighted by atomic mass is 35.9. The normalized spacial score (nSPS) is 28.5. The van der Waals surface area contributed by atoms with Gasteiger partial charge in [-0.05, 0) is 45.0 Å². The van der Waals surface area contributed by atoms with Crippen LogP contribution in [0.5, 0.6) is 0 Å². The predicted molar refractivity (Wildman–Crippen MR) is 210 cm³/mol. The van der Waals surface area contributed by atoms with Gasteiger partial charge in [0, 0.05) is 21.2 Å². The molecule has 1 saturated heterocycles. The van der Waals surface area contributed by atoms with Crippen molar-refractivity contribution in [3.63, 3.8) is 0 Å². The molecule has 0 aromatic heterocycles. The SMILES string of the molecule is ClP1(Cl)=NP2(=NP(c3ccccc3)(c3ccccc3)=N1)OCC1(COP3(Cl)=NP(Cl)(=NP(c4ccccc4)(c4ccccc4)=N3)OC1)CO2. The summed E-state index contributed by atoms with van der Waals surface area (Å²) >= 11 is 28.3. The van der Waals surface area contributed by atoms with Crippen LogP contribution in [0.3, 0.4) is 0 Å². The fourth-order valence-corrected chi connectivity index (χ4v) is 32.8. The van der Waals surface area contributed by atoms with Crippen molar-refractivity contribution in [2.24, 2.45) is 32.5 Å². The van der Waals surface area contributed by atoms with Crippen LogP contribution < -0.4 is 21.2 Å². The standard InChI is InChI=1S/C29H28Cl4N6O4P6/c30-46(31)34-44(25-13-5-1-6-14-25,26-15-7-2-8-16-26)37-49(38-46)42-23-29(24-43-49)21-40-47(32)35-45(27-17-9-3-10-18-27,28-19-11-4-12-20-28)36-48(33,39-47)41-22-29/h1-20H,21-24H2. The first kappa shape index (κ1) is 35.3. The maximum Gasteiger partial charge on any atom is 0.344 e. The Bertz CT molecular complexity index is 2160. The van der Waals surface area contributed by atoms with Crippen LogP contribution >= 0.6 is 86.5 Å². The van der Waals surface area contributed by atoms with E-state index in [2.05, 4.69) is 9.03 Å². The topological polar surface area (TPSA) is 111 Å². The maximum atomic E-state index is 7.25. The van der Waals surface area contributed by atoms with Crippen LogP contribution in [0, 0.1) is 5.41 Å². The Labute approximate surface area is 304 Å². The van der Waals surface area contributed by atoms with Crippen molar-refractivity contribution >= 4 is 108 Å². The largest absolute Gasteiger partial charge is 0.344 e. The number of benzene rings is 4. The monoisotopic (exact) mass is 850 g/mol. The lowest BCUT2D eigenvalue weighted by molar-refractivity contribution is -0.0295. The highest BCUT2D eigenvalue weighted by molar-refractivity contribution is 8.14. The quantitative estimate of drug-likeness (QED) is 0.190. The molecule has 2 bridgehead atoms. The van der Waals surface area contributed by atoms with E-state index in [4.69, 9.17) is 81.1 Å². The van der Waals surface area contributed by atoms with Crippen LogP contribution in [-0.2, 0) is 18.1 Å². The van der Waals surface area contributed by atoms with Crippen molar-refractivity contribution in [2.45, 2.75) is 0 Å². The van der Waals surface area contributed by atoms with Gasteiger partial charge in [0.05, 0.1) is 31.8 Å². The van der Waals surface area contributed by atoms with Crippen LogP contribution in [-0.4, -0.2) is 26.4 Å². The van der Waals surface area contributed by atoms with Crippen molar-refractivity contribution in [3.8, 4) is 0 Å². The Morgan fingerprint density at radius 3 is 1.20 bits per heavy atom. The molecule has 8 rings (SSSR count). The minimum Gasteiger partial charge on any atom is -0.315 e. The van der Waals surface area contributed by atoms with E-state index in [1.54, 1.807) is 0 Å². The van der Waals surface area contributed by atoms with Gasteiger partial charge in [0.2, 0.25) is 0 Å². The third-order valence-corrected chi connectivity index (χ3v) is 30.6. The van der Waals surface area contributed by atoms with Crippen molar-refractivity contribution < 1.29 is 18.1 Å². The molecule has 4 aromatic rings. The van der Waals surface area contributed by atoms with Crippen LogP contribution in [0.1, 0.15) is 0 Å². The molecule has 10 nitrogen and oxygen atoms in total. The maximum absolute atomic E-state index is 7.25. The molecular weight excluding hydrogens is 824 g/mol. The number of halogens is 4. The smallest absolute Gasteiger partial charge is 0.315 e. The molecule has 4 aliphatic heterocycles. The van der Waals surface area contributed by atoms with E-state index in [1.165, 1.54) is 0 Å². The minimum atomic E-state index is -3.38. The minimum absolute atomic E-state index is 0.0712. The van der Waals surface area contributed by atoms with Gasteiger partial charge in [0.25, 0.3) is 19.5 Å². The van der Waals surface area contributed by atoms with E-state index >= 15 is 0 Å². The van der Waals surface area contributed by atoms with E-state index < -0.39 is 47.0 Å². The van der Waals surface area contributed by atoms with Gasteiger partial charge in [-0.25, -0.2) is 4.52 Å². The van der Waals surface area contributed by atoms with Crippen molar-refractivity contribution in [2.75, 3.05) is 26.4 Å². The molecule has 4 heterocycles. The second kappa shape index (κ2) is 13.3. The molecule has 0 saturated carbocycles. The van der Waals surface area contributed by atoms with Crippen LogP contribution in [0.4, 0.5) is 0 Å². The van der Waals surface area contributed by atoms with Gasteiger partial charge in [-0.1, -0.05) is 121 Å². The zero-order valence-corrected chi connectivity index (χ0v) is 33.8. The molecule has 2 atom stereocenters. The van der Waals surface area contributed by atoms with E-state index in [9.17, 15) is 0 Å². The average Bonchev–Trinajstić information content (AvgIpc) is 3.11. The van der Waals surface area contributed by atoms with Crippen molar-refractivity contribution in [1.29, 1.82) is 0 Å². The average molecular weight is 852 g/mol. The zero-order chi connectivity index (χ0) is 33.9. The summed E-state index contributed by atoms with van der Waals surface area (Å²) in [5, 5.41) is 3.51. The van der Waals surface area contributed by atoms with Crippen molar-refractivity contribution in [1.82, 2.24) is 0 Å².